The summed E-state index contributed by atoms with van der Waals surface area (Å²) in [6.45, 7) is 3.66. The number of para-hydroxylation sites is 1. The summed E-state index contributed by atoms with van der Waals surface area (Å²) in [6.07, 6.45) is 0.465. The molecule has 0 saturated heterocycles. The van der Waals surface area contributed by atoms with E-state index >= 15 is 0 Å². The first kappa shape index (κ1) is 8.05. The van der Waals surface area contributed by atoms with Crippen molar-refractivity contribution in [3.8, 4) is 0 Å². The molecule has 0 fully saturated rings. The number of hydrogen-bond acceptors (Lipinski definition) is 2. The highest BCUT2D eigenvalue weighted by Crippen LogP contribution is 2.12. The third-order valence-electron chi connectivity index (χ3n) is 1.98. The monoisotopic (exact) mass is 173 g/mol. The molecule has 0 aliphatic carbocycles. The highest BCUT2D eigenvalue weighted by atomic mass is 16.4. The van der Waals surface area contributed by atoms with Crippen molar-refractivity contribution in [1.29, 1.82) is 0 Å². The molecule has 0 bridgehead atoms. The van der Waals surface area contributed by atoms with Crippen molar-refractivity contribution in [3.63, 3.8) is 0 Å². The molecule has 0 aliphatic heterocycles. The van der Waals surface area contributed by atoms with Crippen molar-refractivity contribution >= 4 is 11.0 Å². The molecule has 2 heteroatoms. The Morgan fingerprint density at radius 1 is 1.31 bits per heavy atom. The number of benzene rings is 1. The van der Waals surface area contributed by atoms with Crippen LogP contribution in [0.2, 0.25) is 0 Å². The third-order valence-corrected chi connectivity index (χ3v) is 1.98. The standard InChI is InChI=1S/C11H9O2/c1-2-8-7-9-5-3-4-6-10(9)13-11(8)12/h3-7H,1-2H2. The van der Waals surface area contributed by atoms with Crippen LogP contribution >= 0.6 is 0 Å². The molecule has 1 heterocycles. The zero-order valence-corrected chi connectivity index (χ0v) is 7.12. The fraction of sp³-hybridized carbons (Fsp3) is 0.0909. The first-order chi connectivity index (χ1) is 6.31. The fourth-order valence-corrected chi connectivity index (χ4v) is 1.28. The molecule has 1 radical (unpaired) electrons. The summed E-state index contributed by atoms with van der Waals surface area (Å²) < 4.78 is 5.09. The van der Waals surface area contributed by atoms with Gasteiger partial charge in [0.15, 0.2) is 0 Å². The molecular weight excluding hydrogens is 164 g/mol. The highest BCUT2D eigenvalue weighted by Gasteiger charge is 2.01. The van der Waals surface area contributed by atoms with Crippen molar-refractivity contribution in [3.05, 3.63) is 53.2 Å². The van der Waals surface area contributed by atoms with Crippen LogP contribution in [0.25, 0.3) is 11.0 Å². The molecule has 2 rings (SSSR count). The van der Waals surface area contributed by atoms with Crippen LogP contribution in [0.1, 0.15) is 5.56 Å². The molecule has 0 amide bonds. The fourth-order valence-electron chi connectivity index (χ4n) is 1.28. The largest absolute Gasteiger partial charge is 0.423 e. The summed E-state index contributed by atoms with van der Waals surface area (Å²) in [5.41, 5.74) is 0.970. The van der Waals surface area contributed by atoms with E-state index in [0.717, 1.165) is 5.39 Å². The lowest BCUT2D eigenvalue weighted by Crippen LogP contribution is -2.05. The van der Waals surface area contributed by atoms with Gasteiger partial charge in [0.2, 0.25) is 0 Å². The van der Waals surface area contributed by atoms with Crippen LogP contribution in [0.4, 0.5) is 0 Å². The number of fused-ring (bicyclic) bond motifs is 1. The highest BCUT2D eigenvalue weighted by molar-refractivity contribution is 5.76. The molecule has 13 heavy (non-hydrogen) atoms. The van der Waals surface area contributed by atoms with Gasteiger partial charge in [-0.1, -0.05) is 18.2 Å². The van der Waals surface area contributed by atoms with Crippen molar-refractivity contribution in [2.75, 3.05) is 0 Å². The SMILES string of the molecule is [CH2]Cc1cc2ccccc2oc1=O. The number of rotatable bonds is 1. The van der Waals surface area contributed by atoms with Gasteiger partial charge in [-0.25, -0.2) is 4.79 Å². The minimum atomic E-state index is -0.284. The lowest BCUT2D eigenvalue weighted by molar-refractivity contribution is 0.553. The smallest absolute Gasteiger partial charge is 0.339 e. The van der Waals surface area contributed by atoms with E-state index in [2.05, 4.69) is 6.92 Å². The summed E-state index contributed by atoms with van der Waals surface area (Å²) in [4.78, 5) is 11.3. The van der Waals surface area contributed by atoms with Gasteiger partial charge in [0.05, 0.1) is 0 Å². The lowest BCUT2D eigenvalue weighted by Gasteiger charge is -1.97. The second-order valence-electron chi connectivity index (χ2n) is 2.85. The average molecular weight is 173 g/mol. The molecule has 2 aromatic rings. The Kier molecular flexibility index (Phi) is 1.89. The van der Waals surface area contributed by atoms with Gasteiger partial charge in [0, 0.05) is 10.9 Å². The van der Waals surface area contributed by atoms with Gasteiger partial charge < -0.3 is 4.42 Å². The van der Waals surface area contributed by atoms with Crippen molar-refractivity contribution < 1.29 is 4.42 Å². The van der Waals surface area contributed by atoms with Crippen LogP contribution in [-0.4, -0.2) is 0 Å². The Bertz CT molecular complexity index is 483. The molecule has 0 N–H and O–H groups in total. The average Bonchev–Trinajstić information content (AvgIpc) is 2.17. The Balaban J connectivity index is 2.81. The minimum Gasteiger partial charge on any atom is -0.423 e. The lowest BCUT2D eigenvalue weighted by atomic mass is 10.1. The van der Waals surface area contributed by atoms with Gasteiger partial charge >= 0.3 is 5.63 Å². The predicted molar refractivity (Wildman–Crippen MR) is 51.5 cm³/mol. The van der Waals surface area contributed by atoms with E-state index < -0.39 is 0 Å². The van der Waals surface area contributed by atoms with Crippen LogP contribution in [0, 0.1) is 6.92 Å². The number of hydrogen-bond donors (Lipinski definition) is 0. The van der Waals surface area contributed by atoms with Gasteiger partial charge in [-0.15, -0.1) is 0 Å². The molecule has 0 aliphatic rings. The molecule has 0 unspecified atom stereocenters. The van der Waals surface area contributed by atoms with E-state index in [1.807, 2.05) is 24.3 Å². The van der Waals surface area contributed by atoms with Gasteiger partial charge in [-0.2, -0.15) is 0 Å². The Labute approximate surface area is 75.8 Å². The molecular formula is C11H9O2. The maximum absolute atomic E-state index is 11.3. The van der Waals surface area contributed by atoms with Crippen LogP contribution in [0.5, 0.6) is 0 Å². The van der Waals surface area contributed by atoms with E-state index in [9.17, 15) is 4.79 Å². The Hall–Kier alpha value is -1.57. The van der Waals surface area contributed by atoms with Crippen molar-refractivity contribution in [1.82, 2.24) is 0 Å². The zero-order chi connectivity index (χ0) is 9.26. The van der Waals surface area contributed by atoms with E-state index in [1.165, 1.54) is 0 Å². The molecule has 1 aromatic carbocycles. The first-order valence-electron chi connectivity index (χ1n) is 4.12. The van der Waals surface area contributed by atoms with Gasteiger partial charge in [0.25, 0.3) is 0 Å². The normalized spacial score (nSPS) is 10.5. The van der Waals surface area contributed by atoms with Gasteiger partial charge in [-0.3, -0.25) is 0 Å². The first-order valence-corrected chi connectivity index (χ1v) is 4.12. The predicted octanol–water partition coefficient (Wildman–Crippen LogP) is 2.17. The molecule has 0 spiro atoms. The van der Waals surface area contributed by atoms with Crippen molar-refractivity contribution in [2.24, 2.45) is 0 Å². The van der Waals surface area contributed by atoms with Crippen LogP contribution in [0.3, 0.4) is 0 Å². The Morgan fingerprint density at radius 3 is 2.85 bits per heavy atom. The summed E-state index contributed by atoms with van der Waals surface area (Å²) in [6, 6.07) is 9.28. The summed E-state index contributed by atoms with van der Waals surface area (Å²) in [5, 5.41) is 0.945. The van der Waals surface area contributed by atoms with Crippen LogP contribution in [-0.2, 0) is 6.42 Å². The van der Waals surface area contributed by atoms with Crippen LogP contribution in [0.15, 0.2) is 39.5 Å². The zero-order valence-electron chi connectivity index (χ0n) is 7.12. The molecule has 0 saturated carbocycles. The molecule has 2 nitrogen and oxygen atoms in total. The minimum absolute atomic E-state index is 0.284. The van der Waals surface area contributed by atoms with E-state index in [4.69, 9.17) is 4.42 Å². The van der Waals surface area contributed by atoms with Crippen LogP contribution < -0.4 is 5.63 Å². The molecule has 0 atom stereocenters. The van der Waals surface area contributed by atoms with E-state index in [1.54, 1.807) is 6.07 Å². The Morgan fingerprint density at radius 2 is 2.08 bits per heavy atom. The summed E-state index contributed by atoms with van der Waals surface area (Å²) in [5.74, 6) is 0. The second-order valence-corrected chi connectivity index (χ2v) is 2.85. The van der Waals surface area contributed by atoms with Gasteiger partial charge in [-0.05, 0) is 25.5 Å². The van der Waals surface area contributed by atoms with E-state index in [0.29, 0.717) is 17.6 Å². The summed E-state index contributed by atoms with van der Waals surface area (Å²) >= 11 is 0. The van der Waals surface area contributed by atoms with Gasteiger partial charge in [0.1, 0.15) is 5.58 Å². The van der Waals surface area contributed by atoms with E-state index in [-0.39, 0.29) is 5.63 Å². The molecule has 65 valence electrons. The summed E-state index contributed by atoms with van der Waals surface area (Å²) in [7, 11) is 0. The maximum atomic E-state index is 11.3. The second kappa shape index (κ2) is 3.05. The maximum Gasteiger partial charge on any atom is 0.339 e. The quantitative estimate of drug-likeness (QED) is 0.618. The molecule has 1 aromatic heterocycles. The third kappa shape index (κ3) is 1.35. The topological polar surface area (TPSA) is 30.2 Å². The van der Waals surface area contributed by atoms with Crippen molar-refractivity contribution in [2.45, 2.75) is 6.42 Å².